The van der Waals surface area contributed by atoms with E-state index in [1.54, 1.807) is 13.8 Å². The molecule has 11 heteroatoms. The monoisotopic (exact) mass is 708 g/mol. The fourth-order valence-electron chi connectivity index (χ4n) is 14.3. The van der Waals surface area contributed by atoms with Gasteiger partial charge < -0.3 is 29.2 Å². The normalized spacial score (nSPS) is 51.8. The van der Waals surface area contributed by atoms with E-state index in [1.165, 1.54) is 19.3 Å². The van der Waals surface area contributed by atoms with Crippen molar-refractivity contribution in [2.45, 2.75) is 148 Å². The summed E-state index contributed by atoms with van der Waals surface area (Å²) in [6.07, 6.45) is 8.25. The molecule has 49 heavy (non-hydrogen) atoms. The van der Waals surface area contributed by atoms with Gasteiger partial charge in [0.15, 0.2) is 6.29 Å². The van der Waals surface area contributed by atoms with Gasteiger partial charge in [0, 0.05) is 12.0 Å². The molecule has 0 aromatic heterocycles. The Labute approximate surface area is 294 Å². The molecule has 3 N–H and O–H groups in total. The van der Waals surface area contributed by atoms with Crippen molar-refractivity contribution in [3.63, 3.8) is 0 Å². The van der Waals surface area contributed by atoms with Gasteiger partial charge in [-0.3, -0.25) is 4.90 Å². The van der Waals surface area contributed by atoms with E-state index in [2.05, 4.69) is 44.2 Å². The van der Waals surface area contributed by atoms with Crippen LogP contribution in [0, 0.1) is 50.7 Å². The molecular weight excluding hydrogens is 644 g/mol. The minimum atomic E-state index is -3.59. The van der Waals surface area contributed by atoms with Crippen LogP contribution in [-0.2, 0) is 29.0 Å². The zero-order valence-corrected chi connectivity index (χ0v) is 32.1. The van der Waals surface area contributed by atoms with Crippen LogP contribution in [0.4, 0.5) is 0 Å². The van der Waals surface area contributed by atoms with Crippen molar-refractivity contribution >= 4 is 10.0 Å². The second kappa shape index (κ2) is 11.3. The van der Waals surface area contributed by atoms with Gasteiger partial charge in [0.1, 0.15) is 0 Å². The highest BCUT2D eigenvalue weighted by molar-refractivity contribution is 7.88. The van der Waals surface area contributed by atoms with E-state index in [4.69, 9.17) is 18.9 Å². The summed E-state index contributed by atoms with van der Waals surface area (Å²) >= 11 is 0. The summed E-state index contributed by atoms with van der Waals surface area (Å²) in [4.78, 5) is 2.49. The molecule has 0 radical (unpaired) electrons. The molecule has 0 amide bonds. The molecule has 3 aliphatic heterocycles. The second-order valence-corrected chi connectivity index (χ2v) is 21.5. The summed E-state index contributed by atoms with van der Waals surface area (Å²) in [5.74, 6) is 1.39. The van der Waals surface area contributed by atoms with Crippen LogP contribution in [-0.4, -0.2) is 111 Å². The molecular formula is C38H64N2O8S. The largest absolute Gasteiger partial charge is 0.390 e. The van der Waals surface area contributed by atoms with Gasteiger partial charge in [-0.05, 0) is 111 Å². The molecule has 5 saturated carbocycles. The number of aliphatic hydroxyl groups excluding tert-OH is 1. The van der Waals surface area contributed by atoms with Crippen molar-refractivity contribution in [1.29, 1.82) is 0 Å². The SMILES string of the molecule is C[C@@H]1CC([C@H](NS(C)(=O)=O)C(C)(C)O)OC2[C@H]1[C@@]1(C)CC[C@@]34C[C@@]35CCC(O[C@H]3CN(C6COC6)CCO3)C(C)(C)[C@@H]5CCC4[C@]1(C)[C@H]2O. The number of morpholine rings is 1. The van der Waals surface area contributed by atoms with Crippen molar-refractivity contribution in [3.8, 4) is 0 Å². The molecule has 14 atom stereocenters. The zero-order chi connectivity index (χ0) is 35.2. The third-order valence-corrected chi connectivity index (χ3v) is 17.4. The number of hydrogen-bond acceptors (Lipinski definition) is 9. The Morgan fingerprint density at radius 3 is 2.37 bits per heavy atom. The molecule has 4 unspecified atom stereocenters. The first-order chi connectivity index (χ1) is 22.8. The van der Waals surface area contributed by atoms with E-state index in [0.717, 1.165) is 58.2 Å². The van der Waals surface area contributed by atoms with Crippen LogP contribution in [0.15, 0.2) is 0 Å². The zero-order valence-electron chi connectivity index (χ0n) is 31.2. The molecule has 0 aromatic carbocycles. The maximum Gasteiger partial charge on any atom is 0.209 e. The van der Waals surface area contributed by atoms with Crippen molar-refractivity contribution < 1.29 is 37.6 Å². The summed E-state index contributed by atoms with van der Waals surface area (Å²) in [5, 5.41) is 23.7. The summed E-state index contributed by atoms with van der Waals surface area (Å²) in [7, 11) is -3.59. The van der Waals surface area contributed by atoms with Crippen LogP contribution < -0.4 is 4.72 Å². The molecule has 5 aliphatic carbocycles. The van der Waals surface area contributed by atoms with E-state index >= 15 is 0 Å². The minimum Gasteiger partial charge on any atom is -0.390 e. The van der Waals surface area contributed by atoms with Gasteiger partial charge in [-0.15, -0.1) is 0 Å². The van der Waals surface area contributed by atoms with Crippen LogP contribution in [0.3, 0.4) is 0 Å². The van der Waals surface area contributed by atoms with Crippen LogP contribution >= 0.6 is 0 Å². The Morgan fingerprint density at radius 2 is 1.71 bits per heavy atom. The fourth-order valence-corrected chi connectivity index (χ4v) is 15.2. The van der Waals surface area contributed by atoms with Crippen LogP contribution in [0.2, 0.25) is 0 Å². The summed E-state index contributed by atoms with van der Waals surface area (Å²) < 4.78 is 52.9. The summed E-state index contributed by atoms with van der Waals surface area (Å²) in [5.41, 5.74) is -1.16. The number of sulfonamides is 1. The van der Waals surface area contributed by atoms with Gasteiger partial charge in [0.25, 0.3) is 0 Å². The first-order valence-corrected chi connectivity index (χ1v) is 21.3. The molecule has 0 aromatic rings. The Bertz CT molecular complexity index is 1420. The lowest BCUT2D eigenvalue weighted by atomic mass is 9.41. The van der Waals surface area contributed by atoms with Gasteiger partial charge in [0.05, 0.1) is 74.7 Å². The van der Waals surface area contributed by atoms with Gasteiger partial charge in [-0.25, -0.2) is 13.1 Å². The molecule has 3 heterocycles. The number of nitrogens with one attached hydrogen (secondary N) is 1. The molecule has 280 valence electrons. The number of ether oxygens (including phenoxy) is 4. The predicted octanol–water partition coefficient (Wildman–Crippen LogP) is 3.93. The van der Waals surface area contributed by atoms with Gasteiger partial charge >= 0.3 is 0 Å². The number of fused-ring (bicyclic) bond motifs is 4. The van der Waals surface area contributed by atoms with E-state index < -0.39 is 33.9 Å². The Morgan fingerprint density at radius 1 is 1.02 bits per heavy atom. The van der Waals surface area contributed by atoms with Gasteiger partial charge in [-0.1, -0.05) is 34.6 Å². The fraction of sp³-hybridized carbons (Fsp3) is 1.00. The Kier molecular flexibility index (Phi) is 8.24. The summed E-state index contributed by atoms with van der Waals surface area (Å²) in [6, 6.07) is -0.303. The first kappa shape index (κ1) is 35.6. The highest BCUT2D eigenvalue weighted by Crippen LogP contribution is 2.89. The van der Waals surface area contributed by atoms with Gasteiger partial charge in [-0.2, -0.15) is 0 Å². The molecule has 8 rings (SSSR count). The molecule has 0 bridgehead atoms. The lowest BCUT2D eigenvalue weighted by Gasteiger charge is -2.64. The highest BCUT2D eigenvalue weighted by Gasteiger charge is 2.84. The van der Waals surface area contributed by atoms with Crippen LogP contribution in [0.1, 0.15) is 99.8 Å². The second-order valence-electron chi connectivity index (χ2n) is 19.7. The third-order valence-electron chi connectivity index (χ3n) is 16.8. The average Bonchev–Trinajstić information content (AvgIpc) is 3.60. The van der Waals surface area contributed by atoms with Crippen LogP contribution in [0.25, 0.3) is 0 Å². The topological polar surface area (TPSA) is 127 Å². The molecule has 3 saturated heterocycles. The predicted molar refractivity (Wildman–Crippen MR) is 185 cm³/mol. The Hall–Kier alpha value is -0.370. The molecule has 8 fully saturated rings. The van der Waals surface area contributed by atoms with Crippen molar-refractivity contribution in [1.82, 2.24) is 9.62 Å². The highest BCUT2D eigenvalue weighted by atomic mass is 32.2. The van der Waals surface area contributed by atoms with Crippen molar-refractivity contribution in [2.24, 2.45) is 50.7 Å². The quantitative estimate of drug-likeness (QED) is 0.361. The standard InChI is InChI=1S/C38H64N2O8S/c1-22-17-24(31(34(4,5)42)39-49(8,43)44)47-30-29(22)35(6)13-14-38-21-37(38)12-11-27(48-28-18-40(15-16-46-28)23-19-45-20-23)33(2,3)25(37)9-10-26(38)36(35,7)32(30)41/h22-32,39,41-42H,9-21H2,1-8H3/t22-,24?,25+,26?,27?,28+,29+,30?,31+,32+,35-,36-,37-,38+/m1/s1. The summed E-state index contributed by atoms with van der Waals surface area (Å²) in [6.45, 7) is 19.4. The lowest BCUT2D eigenvalue weighted by molar-refractivity contribution is -0.256. The van der Waals surface area contributed by atoms with E-state index in [1.807, 2.05) is 0 Å². The van der Waals surface area contributed by atoms with Crippen LogP contribution in [0.5, 0.6) is 0 Å². The van der Waals surface area contributed by atoms with E-state index in [9.17, 15) is 18.6 Å². The molecule has 2 spiro atoms. The Balaban J connectivity index is 1.03. The van der Waals surface area contributed by atoms with E-state index in [0.29, 0.717) is 36.3 Å². The molecule has 10 nitrogen and oxygen atoms in total. The number of nitrogens with zero attached hydrogens (tertiary/aromatic N) is 1. The first-order valence-electron chi connectivity index (χ1n) is 19.4. The third kappa shape index (κ3) is 5.01. The maximum atomic E-state index is 12.6. The lowest BCUT2D eigenvalue weighted by Crippen LogP contribution is -2.61. The molecule has 8 aliphatic rings. The number of hydrogen-bond donors (Lipinski definition) is 3. The minimum absolute atomic E-state index is 0.0332. The van der Waals surface area contributed by atoms with Crippen molar-refractivity contribution in [2.75, 3.05) is 39.2 Å². The van der Waals surface area contributed by atoms with E-state index in [-0.39, 0.29) is 52.0 Å². The van der Waals surface area contributed by atoms with Gasteiger partial charge in [0.2, 0.25) is 10.0 Å². The average molecular weight is 709 g/mol. The maximum absolute atomic E-state index is 12.6. The van der Waals surface area contributed by atoms with Crippen molar-refractivity contribution in [3.05, 3.63) is 0 Å². The number of aliphatic hydroxyl groups is 2. The smallest absolute Gasteiger partial charge is 0.209 e. The number of rotatable bonds is 7.